The molecule has 2 aliphatic heterocycles. The molecule has 0 unspecified atom stereocenters. The molecule has 0 saturated carbocycles. The monoisotopic (exact) mass is 471 g/mol. The lowest BCUT2D eigenvalue weighted by Gasteiger charge is -2.33. The Morgan fingerprint density at radius 1 is 1.09 bits per heavy atom. The van der Waals surface area contributed by atoms with Crippen LogP contribution in [-0.4, -0.2) is 80.2 Å². The van der Waals surface area contributed by atoms with Crippen molar-refractivity contribution in [1.29, 1.82) is 0 Å². The van der Waals surface area contributed by atoms with Gasteiger partial charge < -0.3 is 25.3 Å². The molecule has 1 aromatic carbocycles. The molecule has 186 valence electrons. The van der Waals surface area contributed by atoms with Crippen LogP contribution in [0.15, 0.2) is 24.3 Å². The zero-order valence-corrected chi connectivity index (χ0v) is 20.7. The molecule has 9 nitrogen and oxygen atoms in total. The van der Waals surface area contributed by atoms with Crippen molar-refractivity contribution in [3.8, 4) is 0 Å². The third-order valence-electron chi connectivity index (χ3n) is 6.33. The van der Waals surface area contributed by atoms with Crippen molar-refractivity contribution < 1.29 is 19.2 Å². The molecular weight excluding hydrogens is 434 g/mol. The highest BCUT2D eigenvalue weighted by molar-refractivity contribution is 6.10. The second kappa shape index (κ2) is 11.0. The number of anilines is 2. The van der Waals surface area contributed by atoms with Gasteiger partial charge in [-0.25, -0.2) is 0 Å². The number of nitrogens with zero attached hydrogens (tertiary/aromatic N) is 3. The minimum atomic E-state index is -0.246. The smallest absolute Gasteiger partial charge is 0.244 e. The predicted molar refractivity (Wildman–Crippen MR) is 131 cm³/mol. The topological polar surface area (TPSA) is 102 Å². The van der Waals surface area contributed by atoms with E-state index < -0.39 is 0 Å². The van der Waals surface area contributed by atoms with Crippen LogP contribution in [0.2, 0.25) is 0 Å². The van der Waals surface area contributed by atoms with Crippen molar-refractivity contribution in [2.24, 2.45) is 11.3 Å². The van der Waals surface area contributed by atoms with Crippen LogP contribution in [0.25, 0.3) is 0 Å². The van der Waals surface area contributed by atoms with Crippen LogP contribution in [0, 0.1) is 11.3 Å². The first-order valence-electron chi connectivity index (χ1n) is 12.0. The van der Waals surface area contributed by atoms with Gasteiger partial charge in [0.05, 0.1) is 11.4 Å². The summed E-state index contributed by atoms with van der Waals surface area (Å²) < 4.78 is 0. The maximum Gasteiger partial charge on any atom is 0.244 e. The highest BCUT2D eigenvalue weighted by Crippen LogP contribution is 2.29. The number of nitrogens with one attached hydrogen (secondary N) is 2. The number of carbonyl (C=O) groups is 4. The molecule has 0 bridgehead atoms. The first kappa shape index (κ1) is 25.7. The third kappa shape index (κ3) is 6.79. The van der Waals surface area contributed by atoms with Crippen LogP contribution in [0.1, 0.15) is 39.5 Å². The molecule has 0 atom stereocenters. The molecule has 1 saturated heterocycles. The fourth-order valence-electron chi connectivity index (χ4n) is 4.74. The molecule has 2 heterocycles. The first-order valence-corrected chi connectivity index (χ1v) is 12.0. The van der Waals surface area contributed by atoms with Gasteiger partial charge in [-0.15, -0.1) is 0 Å². The zero-order valence-electron chi connectivity index (χ0n) is 20.7. The van der Waals surface area contributed by atoms with Crippen molar-refractivity contribution in [3.05, 3.63) is 24.3 Å². The summed E-state index contributed by atoms with van der Waals surface area (Å²) in [6.45, 7) is 6.74. The van der Waals surface area contributed by atoms with Gasteiger partial charge in [0.25, 0.3) is 0 Å². The number of fused-ring (bicyclic) bond motifs is 1. The molecule has 0 radical (unpaired) electrons. The maximum absolute atomic E-state index is 12.8. The second-order valence-corrected chi connectivity index (χ2v) is 10.3. The summed E-state index contributed by atoms with van der Waals surface area (Å²) in [6.07, 6.45) is 1.38. The standard InChI is InChI=1S/C25H37N5O4/c1-25(2,17-28(3)4)16-26-24(34)18-11-13-29(14-12-18)22(32)9-10-23(33)30-15-21(31)27-19-7-5-6-8-20(19)30/h5-8,18H,9-17H2,1-4H3,(H,26,34)(H,27,31). The number of likely N-dealkylation sites (tertiary alicyclic amines) is 1. The lowest BCUT2D eigenvalue weighted by atomic mass is 9.91. The van der Waals surface area contributed by atoms with Gasteiger partial charge in [0.15, 0.2) is 0 Å². The Morgan fingerprint density at radius 3 is 2.41 bits per heavy atom. The number of rotatable bonds is 8. The molecule has 2 N–H and O–H groups in total. The highest BCUT2D eigenvalue weighted by atomic mass is 16.2. The molecule has 34 heavy (non-hydrogen) atoms. The SMILES string of the molecule is CN(C)CC(C)(C)CNC(=O)C1CCN(C(=O)CCC(=O)N2CC(=O)Nc3ccccc32)CC1. The molecule has 3 rings (SSSR count). The summed E-state index contributed by atoms with van der Waals surface area (Å²) in [5.74, 6) is -0.622. The largest absolute Gasteiger partial charge is 0.355 e. The van der Waals surface area contributed by atoms with Gasteiger partial charge in [0.1, 0.15) is 6.54 Å². The summed E-state index contributed by atoms with van der Waals surface area (Å²) in [6, 6.07) is 7.14. The number of benzene rings is 1. The van der Waals surface area contributed by atoms with E-state index in [2.05, 4.69) is 29.4 Å². The molecule has 0 spiro atoms. The Hall–Kier alpha value is -2.94. The fourth-order valence-corrected chi connectivity index (χ4v) is 4.74. The van der Waals surface area contributed by atoms with Crippen molar-refractivity contribution in [3.63, 3.8) is 0 Å². The van der Waals surface area contributed by atoms with Crippen LogP contribution in [0.4, 0.5) is 11.4 Å². The molecule has 0 aliphatic carbocycles. The van der Waals surface area contributed by atoms with Crippen molar-refractivity contribution in [1.82, 2.24) is 15.1 Å². The average Bonchev–Trinajstić information content (AvgIpc) is 2.79. The van der Waals surface area contributed by atoms with Gasteiger partial charge in [-0.3, -0.25) is 19.2 Å². The van der Waals surface area contributed by atoms with Crippen molar-refractivity contribution >= 4 is 35.0 Å². The molecule has 0 aromatic heterocycles. The van der Waals surface area contributed by atoms with E-state index in [1.54, 1.807) is 23.1 Å². The molecular formula is C25H37N5O4. The Balaban J connectivity index is 1.43. The quantitative estimate of drug-likeness (QED) is 0.601. The second-order valence-electron chi connectivity index (χ2n) is 10.3. The summed E-state index contributed by atoms with van der Waals surface area (Å²) in [4.78, 5) is 55.3. The fraction of sp³-hybridized carbons (Fsp3) is 0.600. The van der Waals surface area contributed by atoms with Crippen molar-refractivity contribution in [2.45, 2.75) is 39.5 Å². The minimum Gasteiger partial charge on any atom is -0.355 e. The summed E-state index contributed by atoms with van der Waals surface area (Å²) in [5.41, 5.74) is 1.24. The summed E-state index contributed by atoms with van der Waals surface area (Å²) in [5, 5.41) is 5.84. The van der Waals surface area contributed by atoms with Crippen molar-refractivity contribution in [2.75, 3.05) is 57.0 Å². The first-order chi connectivity index (χ1) is 16.1. The average molecular weight is 472 g/mol. The van der Waals surface area contributed by atoms with E-state index in [0.717, 1.165) is 6.54 Å². The lowest BCUT2D eigenvalue weighted by Crippen LogP contribution is -2.46. The number of hydrogen-bond acceptors (Lipinski definition) is 5. The van der Waals surface area contributed by atoms with Gasteiger partial charge >= 0.3 is 0 Å². The minimum absolute atomic E-state index is 0.0160. The van der Waals surface area contributed by atoms with E-state index in [1.165, 1.54) is 4.90 Å². The number of piperidine rings is 1. The summed E-state index contributed by atoms with van der Waals surface area (Å²) in [7, 11) is 4.04. The van der Waals surface area contributed by atoms with E-state index in [4.69, 9.17) is 0 Å². The van der Waals surface area contributed by atoms with Gasteiger partial charge in [-0.2, -0.15) is 0 Å². The Bertz CT molecular complexity index is 922. The van der Waals surface area contributed by atoms with E-state index in [0.29, 0.717) is 43.9 Å². The molecule has 1 aromatic rings. The molecule has 2 aliphatic rings. The molecule has 9 heteroatoms. The van der Waals surface area contributed by atoms with Gasteiger partial charge in [0, 0.05) is 44.9 Å². The van der Waals surface area contributed by atoms with E-state index in [9.17, 15) is 19.2 Å². The zero-order chi connectivity index (χ0) is 24.9. The molecule has 1 fully saturated rings. The lowest BCUT2D eigenvalue weighted by molar-refractivity contribution is -0.136. The number of amides is 4. The maximum atomic E-state index is 12.8. The number of hydrogen-bond donors (Lipinski definition) is 2. The predicted octanol–water partition coefficient (Wildman–Crippen LogP) is 1.69. The number of carbonyl (C=O) groups excluding carboxylic acids is 4. The van der Waals surface area contributed by atoms with E-state index in [1.807, 2.05) is 20.2 Å². The van der Waals surface area contributed by atoms with Gasteiger partial charge in [-0.05, 0) is 44.5 Å². The van der Waals surface area contributed by atoms with Crippen LogP contribution < -0.4 is 15.5 Å². The van der Waals surface area contributed by atoms with Crippen LogP contribution in [0.3, 0.4) is 0 Å². The van der Waals surface area contributed by atoms with E-state index in [-0.39, 0.29) is 54.3 Å². The summed E-state index contributed by atoms with van der Waals surface area (Å²) >= 11 is 0. The number of para-hydroxylation sites is 2. The van der Waals surface area contributed by atoms with Gasteiger partial charge in [-0.1, -0.05) is 26.0 Å². The Kier molecular flexibility index (Phi) is 8.30. The Morgan fingerprint density at radius 2 is 1.74 bits per heavy atom. The van der Waals surface area contributed by atoms with Crippen LogP contribution in [-0.2, 0) is 19.2 Å². The highest BCUT2D eigenvalue weighted by Gasteiger charge is 2.30. The molecule has 4 amide bonds. The van der Waals surface area contributed by atoms with Crippen LogP contribution in [0.5, 0.6) is 0 Å². The van der Waals surface area contributed by atoms with Crippen LogP contribution >= 0.6 is 0 Å². The Labute approximate surface area is 201 Å². The van der Waals surface area contributed by atoms with E-state index >= 15 is 0 Å². The normalized spacial score (nSPS) is 16.8. The third-order valence-corrected chi connectivity index (χ3v) is 6.33. The van der Waals surface area contributed by atoms with Gasteiger partial charge in [0.2, 0.25) is 23.6 Å².